The highest BCUT2D eigenvalue weighted by molar-refractivity contribution is 5.71. The Morgan fingerprint density at radius 1 is 0.290 bits per heavy atom. The van der Waals surface area contributed by atoms with Crippen molar-refractivity contribution in [2.45, 2.75) is 335 Å². The summed E-state index contributed by atoms with van der Waals surface area (Å²) in [4.78, 5) is 38.1. The maximum atomic E-state index is 12.8. The zero-order valence-corrected chi connectivity index (χ0v) is 46.3. The second-order valence-electron chi connectivity index (χ2n) is 20.6. The van der Waals surface area contributed by atoms with Crippen molar-refractivity contribution < 1.29 is 28.6 Å². The topological polar surface area (TPSA) is 78.9 Å². The fourth-order valence-corrected chi connectivity index (χ4v) is 9.00. The van der Waals surface area contributed by atoms with Gasteiger partial charge in [0.25, 0.3) is 0 Å². The van der Waals surface area contributed by atoms with Crippen LogP contribution in [-0.2, 0) is 28.6 Å². The third-order valence-corrected chi connectivity index (χ3v) is 13.6. The van der Waals surface area contributed by atoms with Crippen LogP contribution in [0.5, 0.6) is 0 Å². The monoisotopic (exact) mass is 969 g/mol. The summed E-state index contributed by atoms with van der Waals surface area (Å²) in [5.74, 6) is -0.866. The molecule has 0 aliphatic heterocycles. The Hall–Kier alpha value is -2.37. The highest BCUT2D eigenvalue weighted by atomic mass is 16.6. The molecule has 0 aliphatic carbocycles. The van der Waals surface area contributed by atoms with Crippen LogP contribution in [0.4, 0.5) is 0 Å². The van der Waals surface area contributed by atoms with E-state index in [0.29, 0.717) is 19.3 Å². The van der Waals surface area contributed by atoms with Gasteiger partial charge in [0.2, 0.25) is 0 Å². The molecular weight excluding hydrogens is 853 g/mol. The number of rotatable bonds is 56. The minimum absolute atomic E-state index is 0.0715. The number of unbranched alkanes of at least 4 members (excludes halogenated alkanes) is 39. The van der Waals surface area contributed by atoms with Gasteiger partial charge in [0.05, 0.1) is 0 Å². The first kappa shape index (κ1) is 66.6. The zero-order valence-electron chi connectivity index (χ0n) is 46.3. The predicted molar refractivity (Wildman–Crippen MR) is 298 cm³/mol. The van der Waals surface area contributed by atoms with Crippen molar-refractivity contribution in [3.63, 3.8) is 0 Å². The van der Waals surface area contributed by atoms with Crippen molar-refractivity contribution in [3.05, 3.63) is 36.5 Å². The van der Waals surface area contributed by atoms with Gasteiger partial charge < -0.3 is 14.2 Å². The van der Waals surface area contributed by atoms with Crippen LogP contribution in [0.25, 0.3) is 0 Å². The van der Waals surface area contributed by atoms with Crippen molar-refractivity contribution in [1.82, 2.24) is 0 Å². The van der Waals surface area contributed by atoms with Crippen LogP contribution < -0.4 is 0 Å². The van der Waals surface area contributed by atoms with E-state index in [1.165, 1.54) is 218 Å². The normalized spacial score (nSPS) is 12.2. The second kappa shape index (κ2) is 58.2. The molecule has 1 atom stereocenters. The van der Waals surface area contributed by atoms with Gasteiger partial charge in [0, 0.05) is 19.3 Å². The van der Waals surface area contributed by atoms with E-state index in [9.17, 15) is 14.4 Å². The van der Waals surface area contributed by atoms with Crippen LogP contribution in [0.15, 0.2) is 36.5 Å². The largest absolute Gasteiger partial charge is 0.462 e. The Morgan fingerprint density at radius 3 is 0.812 bits per heavy atom. The van der Waals surface area contributed by atoms with Crippen molar-refractivity contribution >= 4 is 17.9 Å². The summed E-state index contributed by atoms with van der Waals surface area (Å²) in [7, 11) is 0. The number of carbonyl (C=O) groups is 3. The maximum Gasteiger partial charge on any atom is 0.306 e. The Kier molecular flexibility index (Phi) is 56.2. The molecular formula is C63H116O6. The molecule has 0 N–H and O–H groups in total. The summed E-state index contributed by atoms with van der Waals surface area (Å²) in [6, 6.07) is 0. The molecule has 0 fully saturated rings. The summed E-state index contributed by atoms with van der Waals surface area (Å²) in [5.41, 5.74) is 0. The van der Waals surface area contributed by atoms with Crippen molar-refractivity contribution in [2.24, 2.45) is 0 Å². The highest BCUT2D eigenvalue weighted by Gasteiger charge is 2.19. The Morgan fingerprint density at radius 2 is 0.522 bits per heavy atom. The average molecular weight is 970 g/mol. The minimum Gasteiger partial charge on any atom is -0.462 e. The van der Waals surface area contributed by atoms with Crippen LogP contribution in [0, 0.1) is 0 Å². The fourth-order valence-electron chi connectivity index (χ4n) is 9.00. The first-order valence-corrected chi connectivity index (χ1v) is 30.5. The van der Waals surface area contributed by atoms with E-state index in [1.54, 1.807) is 0 Å². The van der Waals surface area contributed by atoms with E-state index in [0.717, 1.165) is 70.6 Å². The van der Waals surface area contributed by atoms with Crippen LogP contribution in [-0.4, -0.2) is 37.2 Å². The van der Waals surface area contributed by atoms with Gasteiger partial charge in [-0.25, -0.2) is 0 Å². The molecule has 0 bridgehead atoms. The number of esters is 3. The van der Waals surface area contributed by atoms with E-state index in [-0.39, 0.29) is 31.1 Å². The Balaban J connectivity index is 4.13. The number of allylic oxidation sites excluding steroid dienone is 6. The number of ether oxygens (including phenoxy) is 3. The lowest BCUT2D eigenvalue weighted by atomic mass is 10.0. The molecule has 0 amide bonds. The van der Waals surface area contributed by atoms with E-state index in [2.05, 4.69) is 57.2 Å². The quantitative estimate of drug-likeness (QED) is 0.0261. The van der Waals surface area contributed by atoms with Crippen LogP contribution in [0.3, 0.4) is 0 Å². The summed E-state index contributed by atoms with van der Waals surface area (Å²) in [6.07, 6.45) is 70.2. The standard InChI is InChI=1S/C63H116O6/c1-4-7-10-13-16-19-21-23-25-26-27-28-29-30-31-32-33-34-35-36-38-39-41-44-47-50-53-56-62(65)68-59-60(58-67-61(64)55-52-49-46-43-18-15-12-9-6-3)69-63(66)57-54-51-48-45-42-40-37-24-22-20-17-14-11-8-5-2/h21,23-24,26-27,37,60H,4-20,22,25,28-36,38-59H2,1-3H3/b23-21-,27-26-,37-24-. The van der Waals surface area contributed by atoms with Crippen LogP contribution in [0.2, 0.25) is 0 Å². The minimum atomic E-state index is -0.772. The highest BCUT2D eigenvalue weighted by Crippen LogP contribution is 2.17. The Labute approximate surface area is 429 Å². The van der Waals surface area contributed by atoms with Crippen LogP contribution >= 0.6 is 0 Å². The smallest absolute Gasteiger partial charge is 0.306 e. The molecule has 404 valence electrons. The first-order chi connectivity index (χ1) is 34.0. The van der Waals surface area contributed by atoms with Crippen molar-refractivity contribution in [2.75, 3.05) is 13.2 Å². The summed E-state index contributed by atoms with van der Waals surface area (Å²) >= 11 is 0. The third kappa shape index (κ3) is 56.4. The lowest BCUT2D eigenvalue weighted by molar-refractivity contribution is -0.167. The number of hydrogen-bond acceptors (Lipinski definition) is 6. The summed E-state index contributed by atoms with van der Waals surface area (Å²) in [6.45, 7) is 6.64. The first-order valence-electron chi connectivity index (χ1n) is 30.5. The lowest BCUT2D eigenvalue weighted by Crippen LogP contribution is -2.30. The molecule has 0 saturated carbocycles. The van der Waals surface area contributed by atoms with Gasteiger partial charge in [0.1, 0.15) is 13.2 Å². The third-order valence-electron chi connectivity index (χ3n) is 13.6. The van der Waals surface area contributed by atoms with Gasteiger partial charge >= 0.3 is 17.9 Å². The summed E-state index contributed by atoms with van der Waals surface area (Å²) < 4.78 is 16.8. The SMILES string of the molecule is CCCCCCC/C=C\C/C=C\CCCCCCCCCCCCCCCCCC(=O)OCC(COC(=O)CCCCCCCCCCC)OC(=O)CCCCCCC/C=C\CCCCCCCC. The number of hydrogen-bond donors (Lipinski definition) is 0. The van der Waals surface area contributed by atoms with Gasteiger partial charge in [-0.3, -0.25) is 14.4 Å². The van der Waals surface area contributed by atoms with Gasteiger partial charge in [0.15, 0.2) is 6.10 Å². The molecule has 0 aromatic rings. The summed E-state index contributed by atoms with van der Waals surface area (Å²) in [5, 5.41) is 0. The van der Waals surface area contributed by atoms with Gasteiger partial charge in [-0.15, -0.1) is 0 Å². The fraction of sp³-hybridized carbons (Fsp3) is 0.857. The molecule has 0 saturated heterocycles. The predicted octanol–water partition coefficient (Wildman–Crippen LogP) is 20.4. The lowest BCUT2D eigenvalue weighted by Gasteiger charge is -2.18. The van der Waals surface area contributed by atoms with E-state index >= 15 is 0 Å². The molecule has 0 rings (SSSR count). The molecule has 6 nitrogen and oxygen atoms in total. The number of carbonyl (C=O) groups excluding carboxylic acids is 3. The molecule has 0 spiro atoms. The molecule has 0 aliphatic rings. The molecule has 6 heteroatoms. The van der Waals surface area contributed by atoms with E-state index in [1.807, 2.05) is 0 Å². The van der Waals surface area contributed by atoms with Crippen LogP contribution in [0.1, 0.15) is 329 Å². The average Bonchev–Trinajstić information content (AvgIpc) is 3.35. The molecule has 0 aromatic heterocycles. The molecule has 0 aromatic carbocycles. The van der Waals surface area contributed by atoms with E-state index < -0.39 is 6.10 Å². The molecule has 0 radical (unpaired) electrons. The molecule has 1 unspecified atom stereocenters. The molecule has 69 heavy (non-hydrogen) atoms. The molecule has 0 heterocycles. The van der Waals surface area contributed by atoms with E-state index in [4.69, 9.17) is 14.2 Å². The second-order valence-corrected chi connectivity index (χ2v) is 20.6. The zero-order chi connectivity index (χ0) is 50.0. The van der Waals surface area contributed by atoms with Gasteiger partial charge in [-0.2, -0.15) is 0 Å². The van der Waals surface area contributed by atoms with Crippen molar-refractivity contribution in [3.8, 4) is 0 Å². The van der Waals surface area contributed by atoms with Gasteiger partial charge in [-0.1, -0.05) is 269 Å². The van der Waals surface area contributed by atoms with Gasteiger partial charge in [-0.05, 0) is 77.0 Å². The Bertz CT molecular complexity index is 1160. The maximum absolute atomic E-state index is 12.8. The van der Waals surface area contributed by atoms with Crippen molar-refractivity contribution in [1.29, 1.82) is 0 Å².